The molecule has 0 aromatic heterocycles. The van der Waals surface area contributed by atoms with E-state index in [1.54, 1.807) is 0 Å². The number of rotatable bonds is 2. The predicted octanol–water partition coefficient (Wildman–Crippen LogP) is 2.23. The fourth-order valence-electron chi connectivity index (χ4n) is 0.822. The quantitative estimate of drug-likeness (QED) is 0.412. The van der Waals surface area contributed by atoms with Crippen LogP contribution in [0.4, 0.5) is 13.2 Å². The first-order valence-corrected chi connectivity index (χ1v) is 3.54. The number of benzene rings is 1. The summed E-state index contributed by atoms with van der Waals surface area (Å²) in [6.45, 7) is 0. The van der Waals surface area contributed by atoms with Gasteiger partial charge in [0.25, 0.3) is 6.21 Å². The fourth-order valence-corrected chi connectivity index (χ4v) is 0.822. The summed E-state index contributed by atoms with van der Waals surface area (Å²) < 4.78 is 38.7. The lowest BCUT2D eigenvalue weighted by atomic mass is 10.2. The van der Waals surface area contributed by atoms with Crippen LogP contribution in [0.5, 0.6) is 5.75 Å². The first-order valence-electron chi connectivity index (χ1n) is 3.54. The van der Waals surface area contributed by atoms with Crippen LogP contribution in [-0.4, -0.2) is 17.4 Å². The van der Waals surface area contributed by atoms with Gasteiger partial charge in [0.1, 0.15) is 5.75 Å². The third-order valence-corrected chi connectivity index (χ3v) is 1.32. The van der Waals surface area contributed by atoms with Crippen molar-refractivity contribution in [2.75, 3.05) is 0 Å². The molecule has 0 radical (unpaired) electrons. The molecule has 1 aromatic carbocycles. The van der Waals surface area contributed by atoms with Crippen LogP contribution in [0.25, 0.3) is 5.53 Å². The second-order valence-electron chi connectivity index (χ2n) is 2.36. The van der Waals surface area contributed by atoms with Gasteiger partial charge in [-0.15, -0.1) is 13.2 Å². The van der Waals surface area contributed by atoms with Gasteiger partial charge in [-0.05, 0) is 24.3 Å². The molecule has 0 amide bonds. The number of hydrogen-bond donors (Lipinski definition) is 0. The van der Waals surface area contributed by atoms with Gasteiger partial charge in [0.15, 0.2) is 0 Å². The largest absolute Gasteiger partial charge is 0.573 e. The maximum absolute atomic E-state index is 11.7. The van der Waals surface area contributed by atoms with Gasteiger partial charge in [-0.1, -0.05) is 0 Å². The van der Waals surface area contributed by atoms with E-state index in [0.29, 0.717) is 5.56 Å². The number of ether oxygens (including phenoxy) is 1. The monoisotopic (exact) mass is 202 g/mol. The van der Waals surface area contributed by atoms with Gasteiger partial charge in [-0.3, -0.25) is 0 Å². The predicted molar refractivity (Wildman–Crippen MR) is 41.9 cm³/mol. The van der Waals surface area contributed by atoms with Gasteiger partial charge in [0.05, 0.1) is 5.56 Å². The SMILES string of the molecule is [N-]=[N+]=Cc1ccc(OC(F)(F)F)cc1. The molecular weight excluding hydrogens is 197 g/mol. The minimum absolute atomic E-state index is 0.312. The first kappa shape index (κ1) is 10.3. The standard InChI is InChI=1S/C8H5F3N2O/c9-8(10,11)14-7-3-1-6(2-4-7)5-13-12/h1-5H. The summed E-state index contributed by atoms with van der Waals surface area (Å²) in [5.74, 6) is -0.312. The Bertz CT molecular complexity index is 352. The Hall–Kier alpha value is -1.81. The molecule has 1 aromatic rings. The van der Waals surface area contributed by atoms with Crippen molar-refractivity contribution in [3.8, 4) is 5.75 Å². The molecule has 0 aliphatic carbocycles. The number of alkyl halides is 3. The molecule has 1 rings (SSSR count). The van der Waals surface area contributed by atoms with Crippen LogP contribution in [0.1, 0.15) is 5.56 Å². The highest BCUT2D eigenvalue weighted by atomic mass is 19.4. The second kappa shape index (κ2) is 3.93. The van der Waals surface area contributed by atoms with Crippen LogP contribution in [0.15, 0.2) is 24.3 Å². The van der Waals surface area contributed by atoms with E-state index in [1.165, 1.54) is 12.1 Å². The van der Waals surface area contributed by atoms with Gasteiger partial charge in [0, 0.05) is 0 Å². The number of nitrogens with zero attached hydrogens (tertiary/aromatic N) is 2. The molecule has 74 valence electrons. The van der Waals surface area contributed by atoms with Crippen LogP contribution < -0.4 is 4.74 Å². The number of halogens is 3. The van der Waals surface area contributed by atoms with Crippen molar-refractivity contribution in [1.82, 2.24) is 0 Å². The molecule has 0 spiro atoms. The van der Waals surface area contributed by atoms with Crippen molar-refractivity contribution < 1.29 is 22.7 Å². The van der Waals surface area contributed by atoms with Gasteiger partial charge >= 0.3 is 6.36 Å². The van der Waals surface area contributed by atoms with Crippen molar-refractivity contribution >= 4 is 6.21 Å². The van der Waals surface area contributed by atoms with E-state index in [0.717, 1.165) is 18.3 Å². The Morgan fingerprint density at radius 3 is 2.21 bits per heavy atom. The summed E-state index contributed by atoms with van der Waals surface area (Å²) in [6, 6.07) is 4.93. The molecule has 0 N–H and O–H groups in total. The zero-order chi connectivity index (χ0) is 10.6. The van der Waals surface area contributed by atoms with E-state index in [9.17, 15) is 13.2 Å². The summed E-state index contributed by atoms with van der Waals surface area (Å²) in [5.41, 5.74) is 8.61. The fraction of sp³-hybridized carbons (Fsp3) is 0.125. The van der Waals surface area contributed by atoms with E-state index >= 15 is 0 Å². The highest BCUT2D eigenvalue weighted by molar-refractivity contribution is 5.75. The lowest BCUT2D eigenvalue weighted by Crippen LogP contribution is -2.16. The molecule has 0 aliphatic rings. The first-order chi connectivity index (χ1) is 6.51. The average molecular weight is 202 g/mol. The average Bonchev–Trinajstić information content (AvgIpc) is 2.06. The Kier molecular flexibility index (Phi) is 2.89. The highest BCUT2D eigenvalue weighted by Crippen LogP contribution is 2.22. The van der Waals surface area contributed by atoms with Crippen molar-refractivity contribution in [3.05, 3.63) is 35.4 Å². The summed E-state index contributed by atoms with van der Waals surface area (Å²) in [5, 5.41) is 0. The Balaban J connectivity index is 2.78. The van der Waals surface area contributed by atoms with Crippen LogP contribution >= 0.6 is 0 Å². The molecule has 0 bridgehead atoms. The van der Waals surface area contributed by atoms with Gasteiger partial charge < -0.3 is 10.3 Å². The van der Waals surface area contributed by atoms with E-state index < -0.39 is 6.36 Å². The summed E-state index contributed by atoms with van der Waals surface area (Å²) >= 11 is 0. The molecule has 0 atom stereocenters. The van der Waals surface area contributed by atoms with Crippen LogP contribution in [-0.2, 0) is 0 Å². The van der Waals surface area contributed by atoms with E-state index in [4.69, 9.17) is 5.53 Å². The minimum atomic E-state index is -4.69. The molecule has 0 saturated carbocycles. The van der Waals surface area contributed by atoms with E-state index in [-0.39, 0.29) is 5.75 Å². The zero-order valence-corrected chi connectivity index (χ0v) is 6.82. The van der Waals surface area contributed by atoms with Crippen molar-refractivity contribution in [1.29, 1.82) is 0 Å². The molecule has 0 aliphatic heterocycles. The number of hydrogen-bond acceptors (Lipinski definition) is 1. The summed E-state index contributed by atoms with van der Waals surface area (Å²) in [4.78, 5) is 2.72. The van der Waals surface area contributed by atoms with Gasteiger partial charge in [0.2, 0.25) is 0 Å². The lowest BCUT2D eigenvalue weighted by Gasteiger charge is -2.07. The van der Waals surface area contributed by atoms with Crippen molar-refractivity contribution in [2.45, 2.75) is 6.36 Å². The van der Waals surface area contributed by atoms with Crippen LogP contribution in [0.2, 0.25) is 0 Å². The lowest BCUT2D eigenvalue weighted by molar-refractivity contribution is -0.274. The Labute approximate surface area is 77.4 Å². The smallest absolute Gasteiger partial charge is 0.406 e. The van der Waals surface area contributed by atoms with Gasteiger partial charge in [-0.25, -0.2) is 0 Å². The normalized spacial score (nSPS) is 10.5. The van der Waals surface area contributed by atoms with Crippen molar-refractivity contribution in [2.24, 2.45) is 0 Å². The molecular formula is C8H5F3N2O. The second-order valence-corrected chi connectivity index (χ2v) is 2.36. The molecule has 3 nitrogen and oxygen atoms in total. The minimum Gasteiger partial charge on any atom is -0.406 e. The molecule has 14 heavy (non-hydrogen) atoms. The third-order valence-electron chi connectivity index (χ3n) is 1.32. The summed E-state index contributed by atoms with van der Waals surface area (Å²) in [7, 11) is 0. The van der Waals surface area contributed by atoms with Gasteiger partial charge in [-0.2, -0.15) is 4.79 Å². The van der Waals surface area contributed by atoms with E-state index in [1.807, 2.05) is 0 Å². The third kappa shape index (κ3) is 3.28. The topological polar surface area (TPSA) is 45.6 Å². The van der Waals surface area contributed by atoms with E-state index in [2.05, 4.69) is 9.53 Å². The Morgan fingerprint density at radius 2 is 1.79 bits per heavy atom. The molecule has 6 heteroatoms. The van der Waals surface area contributed by atoms with Crippen LogP contribution in [0.3, 0.4) is 0 Å². The highest BCUT2D eigenvalue weighted by Gasteiger charge is 2.30. The zero-order valence-electron chi connectivity index (χ0n) is 6.82. The maximum Gasteiger partial charge on any atom is 0.573 e. The molecule has 0 unspecified atom stereocenters. The molecule has 0 heterocycles. The maximum atomic E-state index is 11.7. The molecule has 0 fully saturated rings. The van der Waals surface area contributed by atoms with Crippen molar-refractivity contribution in [3.63, 3.8) is 0 Å². The summed E-state index contributed by atoms with van der Waals surface area (Å²) in [6.07, 6.45) is -3.59. The molecule has 0 saturated heterocycles. The Morgan fingerprint density at radius 1 is 1.21 bits per heavy atom. The van der Waals surface area contributed by atoms with Crippen LogP contribution in [0, 0.1) is 0 Å².